The summed E-state index contributed by atoms with van der Waals surface area (Å²) in [7, 11) is 0. The predicted molar refractivity (Wildman–Crippen MR) is 116 cm³/mol. The molecule has 0 unspecified atom stereocenters. The molecule has 0 aliphatic rings. The van der Waals surface area contributed by atoms with E-state index in [9.17, 15) is 0 Å². The van der Waals surface area contributed by atoms with Gasteiger partial charge in [0.1, 0.15) is 0 Å². The average molecular weight is 371 g/mol. The van der Waals surface area contributed by atoms with Crippen molar-refractivity contribution in [2.75, 3.05) is 13.2 Å². The molecule has 26 heavy (non-hydrogen) atoms. The van der Waals surface area contributed by atoms with Gasteiger partial charge in [-0.1, -0.05) is 111 Å². The summed E-state index contributed by atoms with van der Waals surface area (Å²) >= 11 is 0. The van der Waals surface area contributed by atoms with E-state index < -0.39 is 0 Å². The lowest BCUT2D eigenvalue weighted by atomic mass is 10.0. The van der Waals surface area contributed by atoms with Crippen molar-refractivity contribution < 1.29 is 9.47 Å². The second kappa shape index (κ2) is 23.0. The summed E-state index contributed by atoms with van der Waals surface area (Å²) < 4.78 is 11.8. The predicted octanol–water partition coefficient (Wildman–Crippen LogP) is 8.43. The lowest BCUT2D eigenvalue weighted by molar-refractivity contribution is -0.147. The van der Waals surface area contributed by atoms with Gasteiger partial charge in [0.25, 0.3) is 0 Å². The van der Waals surface area contributed by atoms with Crippen LogP contribution in [0.25, 0.3) is 0 Å². The highest BCUT2D eigenvalue weighted by Gasteiger charge is 2.08. The van der Waals surface area contributed by atoms with Crippen LogP contribution in [0.1, 0.15) is 136 Å². The van der Waals surface area contributed by atoms with Gasteiger partial charge in [-0.3, -0.25) is 0 Å². The molecule has 158 valence electrons. The van der Waals surface area contributed by atoms with Crippen LogP contribution < -0.4 is 0 Å². The molecule has 0 aromatic heterocycles. The molecule has 0 rings (SSSR count). The molecule has 0 spiro atoms. The standard InChI is InChI=1S/C24H50O2/c1-4-7-10-11-12-13-14-15-16-17-18-19-20-21-24(25-22-8-5-2)26-23-9-6-3/h24H,4-23H2,1-3H3. The third-order valence-electron chi connectivity index (χ3n) is 5.15. The van der Waals surface area contributed by atoms with E-state index in [2.05, 4.69) is 20.8 Å². The first kappa shape index (κ1) is 25.9. The molecule has 0 N–H and O–H groups in total. The van der Waals surface area contributed by atoms with Gasteiger partial charge in [0.05, 0.1) is 0 Å². The van der Waals surface area contributed by atoms with E-state index >= 15 is 0 Å². The highest BCUT2D eigenvalue weighted by Crippen LogP contribution is 2.15. The maximum Gasteiger partial charge on any atom is 0.157 e. The molecule has 0 saturated heterocycles. The molecular formula is C24H50O2. The van der Waals surface area contributed by atoms with Crippen LogP contribution in [0.15, 0.2) is 0 Å². The molecular weight excluding hydrogens is 320 g/mol. The molecule has 0 aromatic rings. The summed E-state index contributed by atoms with van der Waals surface area (Å²) in [4.78, 5) is 0. The Labute approximate surface area is 165 Å². The minimum Gasteiger partial charge on any atom is -0.353 e. The summed E-state index contributed by atoms with van der Waals surface area (Å²) in [5.74, 6) is 0. The van der Waals surface area contributed by atoms with Crippen molar-refractivity contribution in [3.8, 4) is 0 Å². The molecule has 2 nitrogen and oxygen atoms in total. The minimum atomic E-state index is 0.0424. The zero-order valence-corrected chi connectivity index (χ0v) is 18.5. The molecule has 0 aliphatic carbocycles. The van der Waals surface area contributed by atoms with E-state index in [1.807, 2.05) is 0 Å². The Morgan fingerprint density at radius 3 is 1.15 bits per heavy atom. The maximum absolute atomic E-state index is 5.91. The van der Waals surface area contributed by atoms with Gasteiger partial charge in [-0.25, -0.2) is 0 Å². The van der Waals surface area contributed by atoms with E-state index in [0.717, 1.165) is 32.5 Å². The van der Waals surface area contributed by atoms with Crippen LogP contribution in [0.3, 0.4) is 0 Å². The second-order valence-electron chi connectivity index (χ2n) is 7.91. The minimum absolute atomic E-state index is 0.0424. The molecule has 0 aromatic carbocycles. The van der Waals surface area contributed by atoms with Crippen LogP contribution in [0.5, 0.6) is 0 Å². The van der Waals surface area contributed by atoms with Gasteiger partial charge in [0.2, 0.25) is 0 Å². The van der Waals surface area contributed by atoms with Crippen molar-refractivity contribution in [1.82, 2.24) is 0 Å². The van der Waals surface area contributed by atoms with Crippen molar-refractivity contribution >= 4 is 0 Å². The third-order valence-corrected chi connectivity index (χ3v) is 5.15. The molecule has 0 radical (unpaired) electrons. The lowest BCUT2D eigenvalue weighted by Gasteiger charge is -2.18. The quantitative estimate of drug-likeness (QED) is 0.141. The smallest absolute Gasteiger partial charge is 0.157 e. The van der Waals surface area contributed by atoms with Crippen LogP contribution >= 0.6 is 0 Å². The monoisotopic (exact) mass is 370 g/mol. The van der Waals surface area contributed by atoms with Crippen LogP contribution in [0, 0.1) is 0 Å². The van der Waals surface area contributed by atoms with Crippen LogP contribution in [0.2, 0.25) is 0 Å². The van der Waals surface area contributed by atoms with E-state index in [1.54, 1.807) is 0 Å². The number of ether oxygens (including phenoxy) is 2. The van der Waals surface area contributed by atoms with Crippen molar-refractivity contribution in [3.05, 3.63) is 0 Å². The number of rotatable bonds is 22. The van der Waals surface area contributed by atoms with E-state index in [0.29, 0.717) is 0 Å². The Hall–Kier alpha value is -0.0800. The highest BCUT2D eigenvalue weighted by molar-refractivity contribution is 4.52. The van der Waals surface area contributed by atoms with E-state index in [4.69, 9.17) is 9.47 Å². The van der Waals surface area contributed by atoms with Gasteiger partial charge in [-0.2, -0.15) is 0 Å². The Balaban J connectivity index is 3.41. The summed E-state index contributed by atoms with van der Waals surface area (Å²) in [6.45, 7) is 8.42. The van der Waals surface area contributed by atoms with Gasteiger partial charge in [0.15, 0.2) is 6.29 Å². The van der Waals surface area contributed by atoms with Gasteiger partial charge in [-0.05, 0) is 25.7 Å². The lowest BCUT2D eigenvalue weighted by Crippen LogP contribution is -2.18. The van der Waals surface area contributed by atoms with Crippen molar-refractivity contribution in [2.24, 2.45) is 0 Å². The zero-order valence-electron chi connectivity index (χ0n) is 18.5. The highest BCUT2D eigenvalue weighted by atomic mass is 16.7. The Morgan fingerprint density at radius 1 is 0.423 bits per heavy atom. The van der Waals surface area contributed by atoms with Gasteiger partial charge < -0.3 is 9.47 Å². The first-order chi connectivity index (χ1) is 12.8. The van der Waals surface area contributed by atoms with Gasteiger partial charge >= 0.3 is 0 Å². The van der Waals surface area contributed by atoms with Crippen LogP contribution in [0.4, 0.5) is 0 Å². The number of hydrogen-bond donors (Lipinski definition) is 0. The normalized spacial score (nSPS) is 11.5. The molecule has 0 bridgehead atoms. The molecule has 0 atom stereocenters. The summed E-state index contributed by atoms with van der Waals surface area (Å²) in [6, 6.07) is 0. The maximum atomic E-state index is 5.91. The first-order valence-corrected chi connectivity index (χ1v) is 12.1. The summed E-state index contributed by atoms with van der Waals surface area (Å²) in [5, 5.41) is 0. The fourth-order valence-corrected chi connectivity index (χ4v) is 3.26. The number of unbranched alkanes of at least 4 members (excludes halogenated alkanes) is 14. The Bertz CT molecular complexity index is 232. The molecule has 0 fully saturated rings. The first-order valence-electron chi connectivity index (χ1n) is 12.1. The van der Waals surface area contributed by atoms with Crippen LogP contribution in [-0.4, -0.2) is 19.5 Å². The fraction of sp³-hybridized carbons (Fsp3) is 1.00. The van der Waals surface area contributed by atoms with E-state index in [1.165, 1.54) is 96.3 Å². The van der Waals surface area contributed by atoms with Crippen LogP contribution in [-0.2, 0) is 9.47 Å². The fourth-order valence-electron chi connectivity index (χ4n) is 3.26. The summed E-state index contributed by atoms with van der Waals surface area (Å²) in [5.41, 5.74) is 0. The van der Waals surface area contributed by atoms with Crippen molar-refractivity contribution in [1.29, 1.82) is 0 Å². The van der Waals surface area contributed by atoms with Crippen molar-refractivity contribution in [2.45, 2.75) is 143 Å². The SMILES string of the molecule is CCCCCCCCCCCCCCCC(OCCCC)OCCCC. The topological polar surface area (TPSA) is 18.5 Å². The van der Waals surface area contributed by atoms with Gasteiger partial charge in [0, 0.05) is 13.2 Å². The molecule has 0 aliphatic heterocycles. The molecule has 0 amide bonds. The molecule has 0 saturated carbocycles. The largest absolute Gasteiger partial charge is 0.353 e. The third kappa shape index (κ3) is 20.2. The molecule has 0 heterocycles. The van der Waals surface area contributed by atoms with Crippen molar-refractivity contribution in [3.63, 3.8) is 0 Å². The van der Waals surface area contributed by atoms with Gasteiger partial charge in [-0.15, -0.1) is 0 Å². The zero-order chi connectivity index (χ0) is 19.1. The van der Waals surface area contributed by atoms with E-state index in [-0.39, 0.29) is 6.29 Å². The number of hydrogen-bond acceptors (Lipinski definition) is 2. The second-order valence-corrected chi connectivity index (χ2v) is 7.91. The Morgan fingerprint density at radius 2 is 0.769 bits per heavy atom. The summed E-state index contributed by atoms with van der Waals surface area (Å²) in [6.07, 6.45) is 24.1. The Kier molecular flexibility index (Phi) is 22.9. The molecule has 2 heteroatoms. The average Bonchev–Trinajstić information content (AvgIpc) is 2.65.